The topological polar surface area (TPSA) is 38.7 Å². The minimum Gasteiger partial charge on any atom is -0.402 e. The Morgan fingerprint density at radius 2 is 1.73 bits per heavy atom. The van der Waals surface area contributed by atoms with E-state index in [9.17, 15) is 4.79 Å². The molecular formula is C18H12BrNO2. The molecule has 0 N–H and O–H groups in total. The monoisotopic (exact) mass is 353 g/mol. The van der Waals surface area contributed by atoms with Crippen LogP contribution in [0.25, 0.3) is 6.08 Å². The Labute approximate surface area is 136 Å². The molecule has 0 radical (unpaired) electrons. The van der Waals surface area contributed by atoms with E-state index in [1.54, 1.807) is 12.2 Å². The Morgan fingerprint density at radius 1 is 1.00 bits per heavy atom. The quantitative estimate of drug-likeness (QED) is 0.607. The standard InChI is InChI=1S/C18H12BrNO2/c19-15-11-5-4-10-14(15)17-20-16(18(21)22-17)12-6-9-13-7-2-1-3-8-13/h1-12H. The van der Waals surface area contributed by atoms with Crippen molar-refractivity contribution >= 4 is 33.9 Å². The zero-order valence-corrected chi connectivity index (χ0v) is 13.2. The summed E-state index contributed by atoms with van der Waals surface area (Å²) in [7, 11) is 0. The fourth-order valence-electron chi connectivity index (χ4n) is 1.99. The number of aliphatic imine (C=N–C) groups is 1. The number of rotatable bonds is 3. The normalized spacial score (nSPS) is 16.1. The van der Waals surface area contributed by atoms with Crippen LogP contribution in [0.5, 0.6) is 0 Å². The van der Waals surface area contributed by atoms with Gasteiger partial charge in [-0.3, -0.25) is 0 Å². The first-order valence-corrected chi connectivity index (χ1v) is 7.52. The lowest BCUT2D eigenvalue weighted by Crippen LogP contribution is -2.05. The van der Waals surface area contributed by atoms with Crippen molar-refractivity contribution in [3.8, 4) is 0 Å². The molecule has 0 atom stereocenters. The van der Waals surface area contributed by atoms with E-state index < -0.39 is 5.97 Å². The van der Waals surface area contributed by atoms with E-state index in [4.69, 9.17) is 4.74 Å². The average Bonchev–Trinajstić information content (AvgIpc) is 2.90. The Kier molecular flexibility index (Phi) is 4.30. The molecule has 0 spiro atoms. The number of ether oxygens (including phenoxy) is 1. The van der Waals surface area contributed by atoms with Gasteiger partial charge < -0.3 is 4.74 Å². The highest BCUT2D eigenvalue weighted by molar-refractivity contribution is 9.10. The van der Waals surface area contributed by atoms with Crippen molar-refractivity contribution in [1.82, 2.24) is 0 Å². The molecule has 1 heterocycles. The molecular weight excluding hydrogens is 342 g/mol. The van der Waals surface area contributed by atoms with Gasteiger partial charge in [0, 0.05) is 4.47 Å². The zero-order chi connectivity index (χ0) is 15.4. The molecule has 0 aromatic heterocycles. The molecule has 3 rings (SSSR count). The molecule has 0 aliphatic carbocycles. The Hall–Kier alpha value is -2.46. The van der Waals surface area contributed by atoms with Crippen LogP contribution in [-0.2, 0) is 9.53 Å². The minimum absolute atomic E-state index is 0.290. The van der Waals surface area contributed by atoms with Gasteiger partial charge in [-0.1, -0.05) is 54.6 Å². The zero-order valence-electron chi connectivity index (χ0n) is 11.6. The van der Waals surface area contributed by atoms with Gasteiger partial charge >= 0.3 is 5.97 Å². The molecule has 0 unspecified atom stereocenters. The van der Waals surface area contributed by atoms with Crippen molar-refractivity contribution in [2.24, 2.45) is 4.99 Å². The number of benzene rings is 2. The summed E-state index contributed by atoms with van der Waals surface area (Å²) in [6.45, 7) is 0. The third kappa shape index (κ3) is 3.23. The summed E-state index contributed by atoms with van der Waals surface area (Å²) in [4.78, 5) is 16.1. The predicted octanol–water partition coefficient (Wildman–Crippen LogP) is 4.35. The fourth-order valence-corrected chi connectivity index (χ4v) is 2.44. The summed E-state index contributed by atoms with van der Waals surface area (Å²) in [6, 6.07) is 17.3. The molecule has 1 aliphatic heterocycles. The molecule has 22 heavy (non-hydrogen) atoms. The summed E-state index contributed by atoms with van der Waals surface area (Å²) < 4.78 is 6.06. The van der Waals surface area contributed by atoms with Gasteiger partial charge in [0.1, 0.15) is 0 Å². The first-order valence-electron chi connectivity index (χ1n) is 6.73. The van der Waals surface area contributed by atoms with E-state index in [0.29, 0.717) is 5.90 Å². The summed E-state index contributed by atoms with van der Waals surface area (Å²) in [5, 5.41) is 0. The highest BCUT2D eigenvalue weighted by Crippen LogP contribution is 2.22. The molecule has 0 fully saturated rings. The van der Waals surface area contributed by atoms with Gasteiger partial charge in [0.2, 0.25) is 5.90 Å². The van der Waals surface area contributed by atoms with Crippen molar-refractivity contribution in [3.05, 3.63) is 88.0 Å². The Balaban J connectivity index is 1.83. The van der Waals surface area contributed by atoms with Gasteiger partial charge in [-0.2, -0.15) is 0 Å². The van der Waals surface area contributed by atoms with E-state index in [2.05, 4.69) is 20.9 Å². The molecule has 3 nitrogen and oxygen atoms in total. The van der Waals surface area contributed by atoms with Gasteiger partial charge in [0.15, 0.2) is 5.70 Å². The number of hydrogen-bond acceptors (Lipinski definition) is 3. The highest BCUT2D eigenvalue weighted by atomic mass is 79.9. The Bertz CT molecular complexity index is 792. The fraction of sp³-hybridized carbons (Fsp3) is 0. The third-order valence-corrected chi connectivity index (χ3v) is 3.76. The first-order chi connectivity index (χ1) is 10.7. The lowest BCUT2D eigenvalue weighted by atomic mass is 10.2. The summed E-state index contributed by atoms with van der Waals surface area (Å²) in [5.74, 6) is -0.125. The molecule has 0 saturated heterocycles. The van der Waals surface area contributed by atoms with Gasteiger partial charge in [0.25, 0.3) is 0 Å². The average molecular weight is 354 g/mol. The number of cyclic esters (lactones) is 1. The number of hydrogen-bond donors (Lipinski definition) is 0. The van der Waals surface area contributed by atoms with E-state index >= 15 is 0 Å². The van der Waals surface area contributed by atoms with Crippen LogP contribution in [0.2, 0.25) is 0 Å². The number of nitrogens with zero attached hydrogens (tertiary/aromatic N) is 1. The number of carbonyl (C=O) groups excluding carboxylic acids is 1. The van der Waals surface area contributed by atoms with Crippen LogP contribution in [0, 0.1) is 0 Å². The second kappa shape index (κ2) is 6.54. The van der Waals surface area contributed by atoms with Crippen molar-refractivity contribution in [2.45, 2.75) is 0 Å². The smallest absolute Gasteiger partial charge is 0.363 e. The van der Waals surface area contributed by atoms with Crippen molar-refractivity contribution in [1.29, 1.82) is 0 Å². The lowest BCUT2D eigenvalue weighted by Gasteiger charge is -2.01. The molecule has 0 amide bonds. The molecule has 0 saturated carbocycles. The number of carbonyl (C=O) groups is 1. The molecule has 2 aromatic carbocycles. The van der Waals surface area contributed by atoms with Crippen molar-refractivity contribution < 1.29 is 9.53 Å². The van der Waals surface area contributed by atoms with Crippen LogP contribution in [-0.4, -0.2) is 11.9 Å². The molecule has 2 aromatic rings. The van der Waals surface area contributed by atoms with Crippen LogP contribution >= 0.6 is 15.9 Å². The maximum absolute atomic E-state index is 11.9. The lowest BCUT2D eigenvalue weighted by molar-refractivity contribution is -0.130. The van der Waals surface area contributed by atoms with Crippen LogP contribution in [0.4, 0.5) is 0 Å². The van der Waals surface area contributed by atoms with E-state index in [1.165, 1.54) is 0 Å². The molecule has 1 aliphatic rings. The predicted molar refractivity (Wildman–Crippen MR) is 90.3 cm³/mol. The second-order valence-corrected chi connectivity index (χ2v) is 5.46. The van der Waals surface area contributed by atoms with Crippen LogP contribution in [0.15, 0.2) is 81.9 Å². The maximum Gasteiger partial charge on any atom is 0.363 e. The molecule has 0 bridgehead atoms. The van der Waals surface area contributed by atoms with Gasteiger partial charge in [-0.05, 0) is 39.7 Å². The summed E-state index contributed by atoms with van der Waals surface area (Å²) in [5.41, 5.74) is 2.10. The van der Waals surface area contributed by atoms with E-state index in [0.717, 1.165) is 15.6 Å². The highest BCUT2D eigenvalue weighted by Gasteiger charge is 2.24. The van der Waals surface area contributed by atoms with Crippen LogP contribution < -0.4 is 0 Å². The third-order valence-electron chi connectivity index (χ3n) is 3.07. The number of esters is 1. The van der Waals surface area contributed by atoms with Crippen LogP contribution in [0.1, 0.15) is 11.1 Å². The second-order valence-electron chi connectivity index (χ2n) is 4.61. The van der Waals surface area contributed by atoms with Gasteiger partial charge in [-0.25, -0.2) is 9.79 Å². The number of allylic oxidation sites excluding steroid dienone is 2. The van der Waals surface area contributed by atoms with Crippen molar-refractivity contribution in [3.63, 3.8) is 0 Å². The minimum atomic E-state index is -0.441. The van der Waals surface area contributed by atoms with E-state index in [-0.39, 0.29) is 5.70 Å². The summed E-state index contributed by atoms with van der Waals surface area (Å²) >= 11 is 3.42. The number of halogens is 1. The summed E-state index contributed by atoms with van der Waals surface area (Å²) in [6.07, 6.45) is 5.35. The van der Waals surface area contributed by atoms with Crippen molar-refractivity contribution in [2.75, 3.05) is 0 Å². The maximum atomic E-state index is 11.9. The largest absolute Gasteiger partial charge is 0.402 e. The Morgan fingerprint density at radius 3 is 2.50 bits per heavy atom. The van der Waals surface area contributed by atoms with Gasteiger partial charge in [-0.15, -0.1) is 0 Å². The van der Waals surface area contributed by atoms with Gasteiger partial charge in [0.05, 0.1) is 5.56 Å². The first kappa shape index (κ1) is 14.5. The van der Waals surface area contributed by atoms with Crippen LogP contribution in [0.3, 0.4) is 0 Å². The SMILES string of the molecule is O=C1OC(c2ccccc2Br)=NC1=CC=Cc1ccccc1. The molecule has 4 heteroatoms. The molecule has 108 valence electrons. The van der Waals surface area contributed by atoms with E-state index in [1.807, 2.05) is 60.7 Å².